The summed E-state index contributed by atoms with van der Waals surface area (Å²) in [5.74, 6) is 0.0274. The molecule has 1 unspecified atom stereocenters. The van der Waals surface area contributed by atoms with E-state index in [-0.39, 0.29) is 11.8 Å². The molecule has 0 aromatic heterocycles. The summed E-state index contributed by atoms with van der Waals surface area (Å²) in [4.78, 5) is 14.8. The van der Waals surface area contributed by atoms with Gasteiger partial charge in [-0.1, -0.05) is 6.08 Å². The second-order valence-electron chi connectivity index (χ2n) is 2.71. The number of nitrogens with zero attached hydrogens (tertiary/aromatic N) is 1. The number of carbonyl (C=O) groups excluding carboxylic acids is 1. The summed E-state index contributed by atoms with van der Waals surface area (Å²) < 4.78 is 0. The summed E-state index contributed by atoms with van der Waals surface area (Å²) in [5.41, 5.74) is 6.55. The second kappa shape index (κ2) is 3.44. The van der Waals surface area contributed by atoms with Crippen LogP contribution in [0.15, 0.2) is 17.3 Å². The van der Waals surface area contributed by atoms with Crippen LogP contribution in [0.3, 0.4) is 0 Å². The van der Waals surface area contributed by atoms with Crippen molar-refractivity contribution in [3.63, 3.8) is 0 Å². The van der Waals surface area contributed by atoms with Crippen LogP contribution in [0.4, 0.5) is 0 Å². The Bertz CT molecular complexity index is 218. The monoisotopic (exact) mass is 152 g/mol. The molecule has 1 atom stereocenters. The number of carbonyl (C=O) groups is 1. The minimum Gasteiger partial charge on any atom is -0.321 e. The summed E-state index contributed by atoms with van der Waals surface area (Å²) in [5, 5.41) is 0. The normalized spacial score (nSPS) is 18.2. The lowest BCUT2D eigenvalue weighted by molar-refractivity contribution is -0.118. The van der Waals surface area contributed by atoms with E-state index in [0.717, 1.165) is 12.1 Å². The molecule has 0 fully saturated rings. The highest BCUT2D eigenvalue weighted by Gasteiger charge is 2.11. The van der Waals surface area contributed by atoms with Crippen LogP contribution >= 0.6 is 0 Å². The van der Waals surface area contributed by atoms with Gasteiger partial charge in [-0.2, -0.15) is 0 Å². The van der Waals surface area contributed by atoms with Gasteiger partial charge in [-0.15, -0.1) is 0 Å². The maximum absolute atomic E-state index is 10.7. The van der Waals surface area contributed by atoms with E-state index in [2.05, 4.69) is 4.99 Å². The molecule has 60 valence electrons. The van der Waals surface area contributed by atoms with Crippen molar-refractivity contribution in [1.82, 2.24) is 0 Å². The molecule has 0 saturated carbocycles. The molecule has 1 heterocycles. The fourth-order valence-electron chi connectivity index (χ4n) is 0.933. The number of allylic oxidation sites excluding steroid dienone is 1. The second-order valence-corrected chi connectivity index (χ2v) is 2.71. The van der Waals surface area contributed by atoms with Crippen molar-refractivity contribution < 1.29 is 4.79 Å². The van der Waals surface area contributed by atoms with E-state index >= 15 is 0 Å². The number of ketones is 1. The number of rotatable bonds is 3. The fourth-order valence-corrected chi connectivity index (χ4v) is 0.933. The quantitative estimate of drug-likeness (QED) is 0.645. The van der Waals surface area contributed by atoms with Crippen LogP contribution in [0.25, 0.3) is 0 Å². The van der Waals surface area contributed by atoms with Crippen LogP contribution < -0.4 is 5.73 Å². The fraction of sp³-hybridized carbons (Fsp3) is 0.500. The van der Waals surface area contributed by atoms with Gasteiger partial charge in [0.05, 0.1) is 6.04 Å². The van der Waals surface area contributed by atoms with Gasteiger partial charge in [0.25, 0.3) is 0 Å². The molecule has 1 rings (SSSR count). The van der Waals surface area contributed by atoms with Crippen LogP contribution in [0.1, 0.15) is 19.8 Å². The van der Waals surface area contributed by atoms with Gasteiger partial charge in [-0.05, 0) is 6.92 Å². The zero-order chi connectivity index (χ0) is 8.27. The molecule has 0 amide bonds. The number of hydrogen-bond donors (Lipinski definition) is 1. The van der Waals surface area contributed by atoms with E-state index in [1.165, 1.54) is 6.92 Å². The number of aliphatic imine (C=N–C) groups is 1. The summed E-state index contributed by atoms with van der Waals surface area (Å²) in [6.07, 6.45) is 5.16. The van der Waals surface area contributed by atoms with Gasteiger partial charge >= 0.3 is 0 Å². The average molecular weight is 152 g/mol. The van der Waals surface area contributed by atoms with Crippen LogP contribution in [0.5, 0.6) is 0 Å². The highest BCUT2D eigenvalue weighted by molar-refractivity contribution is 5.93. The van der Waals surface area contributed by atoms with E-state index in [9.17, 15) is 4.79 Å². The Labute approximate surface area is 66.0 Å². The largest absolute Gasteiger partial charge is 0.321 e. The Morgan fingerprint density at radius 1 is 1.91 bits per heavy atom. The van der Waals surface area contributed by atoms with Crippen molar-refractivity contribution in [3.8, 4) is 0 Å². The molecule has 3 heteroatoms. The lowest BCUT2D eigenvalue weighted by Crippen LogP contribution is -2.30. The van der Waals surface area contributed by atoms with Crippen molar-refractivity contribution in [2.24, 2.45) is 10.7 Å². The SMILES string of the molecule is CC(=O)C(N)CC1=NC=CC1. The molecule has 0 saturated heterocycles. The maximum Gasteiger partial charge on any atom is 0.146 e. The van der Waals surface area contributed by atoms with Gasteiger partial charge in [0.15, 0.2) is 0 Å². The van der Waals surface area contributed by atoms with Crippen molar-refractivity contribution in [2.45, 2.75) is 25.8 Å². The van der Waals surface area contributed by atoms with Crippen molar-refractivity contribution >= 4 is 11.5 Å². The van der Waals surface area contributed by atoms with Crippen LogP contribution in [0, 0.1) is 0 Å². The topological polar surface area (TPSA) is 55.5 Å². The Morgan fingerprint density at radius 2 is 2.64 bits per heavy atom. The Balaban J connectivity index is 2.37. The van der Waals surface area contributed by atoms with E-state index in [1.54, 1.807) is 6.20 Å². The first-order chi connectivity index (χ1) is 5.20. The zero-order valence-electron chi connectivity index (χ0n) is 6.58. The summed E-state index contributed by atoms with van der Waals surface area (Å²) in [7, 11) is 0. The summed E-state index contributed by atoms with van der Waals surface area (Å²) >= 11 is 0. The predicted molar refractivity (Wildman–Crippen MR) is 44.5 cm³/mol. The van der Waals surface area contributed by atoms with E-state index in [1.807, 2.05) is 6.08 Å². The van der Waals surface area contributed by atoms with Gasteiger partial charge in [0.2, 0.25) is 0 Å². The first-order valence-electron chi connectivity index (χ1n) is 3.66. The minimum atomic E-state index is -0.367. The van der Waals surface area contributed by atoms with Crippen LogP contribution in [0.2, 0.25) is 0 Å². The molecule has 1 aliphatic heterocycles. The van der Waals surface area contributed by atoms with E-state index < -0.39 is 0 Å². The van der Waals surface area contributed by atoms with Crippen molar-refractivity contribution in [1.29, 1.82) is 0 Å². The van der Waals surface area contributed by atoms with E-state index in [0.29, 0.717) is 6.42 Å². The van der Waals surface area contributed by atoms with Gasteiger partial charge in [-0.3, -0.25) is 9.79 Å². The Kier molecular flexibility index (Phi) is 2.54. The van der Waals surface area contributed by atoms with Crippen LogP contribution in [-0.2, 0) is 4.79 Å². The van der Waals surface area contributed by atoms with Crippen molar-refractivity contribution in [3.05, 3.63) is 12.3 Å². The van der Waals surface area contributed by atoms with Gasteiger partial charge < -0.3 is 5.73 Å². The third kappa shape index (κ3) is 2.27. The van der Waals surface area contributed by atoms with Gasteiger partial charge in [0, 0.05) is 24.8 Å². The Hall–Kier alpha value is -0.960. The first kappa shape index (κ1) is 8.14. The zero-order valence-corrected chi connectivity index (χ0v) is 6.58. The van der Waals surface area contributed by atoms with E-state index in [4.69, 9.17) is 5.73 Å². The molecular weight excluding hydrogens is 140 g/mol. The van der Waals surface area contributed by atoms with Gasteiger partial charge in [-0.25, -0.2) is 0 Å². The lowest BCUT2D eigenvalue weighted by Gasteiger charge is -2.05. The molecule has 0 aliphatic carbocycles. The number of hydrogen-bond acceptors (Lipinski definition) is 3. The molecule has 2 N–H and O–H groups in total. The number of nitrogens with two attached hydrogens (primary N) is 1. The minimum absolute atomic E-state index is 0.0274. The smallest absolute Gasteiger partial charge is 0.146 e. The summed E-state index contributed by atoms with van der Waals surface area (Å²) in [6.45, 7) is 1.51. The molecule has 0 aromatic carbocycles. The molecule has 0 radical (unpaired) electrons. The third-order valence-electron chi connectivity index (χ3n) is 1.69. The number of Topliss-reactive ketones (excluding diaryl/α,β-unsaturated/α-hetero) is 1. The molecule has 0 spiro atoms. The molecule has 0 aromatic rings. The predicted octanol–water partition coefficient (Wildman–Crippen LogP) is 0.651. The average Bonchev–Trinajstić information content (AvgIpc) is 2.39. The highest BCUT2D eigenvalue weighted by atomic mass is 16.1. The molecular formula is C8H12N2O. The van der Waals surface area contributed by atoms with Crippen molar-refractivity contribution in [2.75, 3.05) is 0 Å². The molecule has 1 aliphatic rings. The standard InChI is InChI=1S/C8H12N2O/c1-6(11)8(9)5-7-3-2-4-10-7/h2,4,8H,3,5,9H2,1H3. The van der Waals surface area contributed by atoms with Crippen LogP contribution in [-0.4, -0.2) is 17.5 Å². The first-order valence-corrected chi connectivity index (χ1v) is 3.66. The molecule has 3 nitrogen and oxygen atoms in total. The van der Waals surface area contributed by atoms with Gasteiger partial charge in [0.1, 0.15) is 5.78 Å². The third-order valence-corrected chi connectivity index (χ3v) is 1.69. The maximum atomic E-state index is 10.7. The molecule has 0 bridgehead atoms. The Morgan fingerprint density at radius 3 is 3.09 bits per heavy atom. The highest BCUT2D eigenvalue weighted by Crippen LogP contribution is 2.05. The summed E-state index contributed by atoms with van der Waals surface area (Å²) in [6, 6.07) is -0.367. The molecule has 11 heavy (non-hydrogen) atoms. The lowest BCUT2D eigenvalue weighted by atomic mass is 10.1.